The fraction of sp³-hybridized carbons (Fsp3) is 0.500. The van der Waals surface area contributed by atoms with Crippen molar-refractivity contribution in [3.05, 3.63) is 30.1 Å². The molecule has 0 fully saturated rings. The molecule has 0 bridgehead atoms. The summed E-state index contributed by atoms with van der Waals surface area (Å²) in [7, 11) is 1.93. The molecule has 0 aliphatic rings. The first kappa shape index (κ1) is 10.2. The molecule has 72 valence electrons. The number of aromatic nitrogens is 1. The van der Waals surface area contributed by atoms with Gasteiger partial charge in [0.25, 0.3) is 0 Å². The van der Waals surface area contributed by atoms with Crippen LogP contribution in [-0.2, 0) is 11.3 Å². The van der Waals surface area contributed by atoms with E-state index in [1.165, 1.54) is 0 Å². The van der Waals surface area contributed by atoms with Gasteiger partial charge in [0.2, 0.25) is 0 Å². The van der Waals surface area contributed by atoms with E-state index in [0.29, 0.717) is 12.6 Å². The average molecular weight is 180 g/mol. The van der Waals surface area contributed by atoms with E-state index in [0.717, 1.165) is 12.2 Å². The van der Waals surface area contributed by atoms with Crippen molar-refractivity contribution in [3.8, 4) is 0 Å². The Morgan fingerprint density at radius 1 is 1.62 bits per heavy atom. The number of nitrogens with one attached hydrogen (secondary N) is 1. The second-order valence-corrected chi connectivity index (χ2v) is 3.07. The summed E-state index contributed by atoms with van der Waals surface area (Å²) in [5.41, 5.74) is 1.12. The number of ether oxygens (including phenoxy) is 1. The molecule has 0 aromatic carbocycles. The smallest absolute Gasteiger partial charge is 0.0732 e. The monoisotopic (exact) mass is 180 g/mol. The lowest BCUT2D eigenvalue weighted by Gasteiger charge is -2.10. The zero-order valence-electron chi connectivity index (χ0n) is 8.16. The first-order valence-corrected chi connectivity index (χ1v) is 4.47. The summed E-state index contributed by atoms with van der Waals surface area (Å²) < 4.78 is 5.47. The molecule has 0 saturated heterocycles. The van der Waals surface area contributed by atoms with Crippen molar-refractivity contribution < 1.29 is 4.74 Å². The molecule has 0 amide bonds. The standard InChI is InChI=1S/C10H16N2O/c1-9(11-2)7-13-8-10-4-3-5-12-6-10/h3-6,9,11H,7-8H2,1-2H3/t9-/m0/s1. The molecule has 1 N–H and O–H groups in total. The van der Waals surface area contributed by atoms with Crippen LogP contribution in [0.4, 0.5) is 0 Å². The zero-order chi connectivity index (χ0) is 9.52. The van der Waals surface area contributed by atoms with Crippen LogP contribution in [0.5, 0.6) is 0 Å². The number of likely N-dealkylation sites (N-methyl/N-ethyl adjacent to an activating group) is 1. The Morgan fingerprint density at radius 3 is 3.08 bits per heavy atom. The van der Waals surface area contributed by atoms with Crippen molar-refractivity contribution in [2.24, 2.45) is 0 Å². The molecule has 0 radical (unpaired) electrons. The van der Waals surface area contributed by atoms with Crippen molar-refractivity contribution in [2.45, 2.75) is 19.6 Å². The van der Waals surface area contributed by atoms with Gasteiger partial charge < -0.3 is 10.1 Å². The minimum Gasteiger partial charge on any atom is -0.375 e. The Balaban J connectivity index is 2.20. The number of pyridine rings is 1. The fourth-order valence-corrected chi connectivity index (χ4v) is 0.920. The molecule has 0 spiro atoms. The number of hydrogen-bond donors (Lipinski definition) is 1. The molecule has 3 nitrogen and oxygen atoms in total. The maximum atomic E-state index is 5.47. The lowest BCUT2D eigenvalue weighted by atomic mass is 10.3. The van der Waals surface area contributed by atoms with Crippen LogP contribution in [0.3, 0.4) is 0 Å². The molecule has 1 rings (SSSR count). The zero-order valence-corrected chi connectivity index (χ0v) is 8.16. The van der Waals surface area contributed by atoms with Crippen LogP contribution in [0.15, 0.2) is 24.5 Å². The number of hydrogen-bond acceptors (Lipinski definition) is 3. The predicted molar refractivity (Wildman–Crippen MR) is 52.4 cm³/mol. The van der Waals surface area contributed by atoms with Gasteiger partial charge in [-0.2, -0.15) is 0 Å². The van der Waals surface area contributed by atoms with E-state index in [2.05, 4.69) is 17.2 Å². The summed E-state index contributed by atoms with van der Waals surface area (Å²) in [4.78, 5) is 4.01. The van der Waals surface area contributed by atoms with Gasteiger partial charge >= 0.3 is 0 Å². The van der Waals surface area contributed by atoms with E-state index in [4.69, 9.17) is 4.74 Å². The van der Waals surface area contributed by atoms with E-state index >= 15 is 0 Å². The lowest BCUT2D eigenvalue weighted by molar-refractivity contribution is 0.104. The van der Waals surface area contributed by atoms with Crippen LogP contribution >= 0.6 is 0 Å². The second-order valence-electron chi connectivity index (χ2n) is 3.07. The van der Waals surface area contributed by atoms with E-state index < -0.39 is 0 Å². The highest BCUT2D eigenvalue weighted by Gasteiger charge is 1.97. The molecule has 0 aliphatic carbocycles. The van der Waals surface area contributed by atoms with Gasteiger partial charge in [0.1, 0.15) is 0 Å². The summed E-state index contributed by atoms with van der Waals surface area (Å²) in [6.07, 6.45) is 3.59. The Hall–Kier alpha value is -0.930. The quantitative estimate of drug-likeness (QED) is 0.739. The van der Waals surface area contributed by atoms with Crippen LogP contribution < -0.4 is 5.32 Å². The topological polar surface area (TPSA) is 34.1 Å². The van der Waals surface area contributed by atoms with E-state index in [-0.39, 0.29) is 0 Å². The van der Waals surface area contributed by atoms with E-state index in [1.807, 2.05) is 25.4 Å². The molecule has 0 saturated carbocycles. The Bertz CT molecular complexity index is 226. The highest BCUT2D eigenvalue weighted by Crippen LogP contribution is 1.98. The normalized spacial score (nSPS) is 12.8. The number of nitrogens with zero attached hydrogens (tertiary/aromatic N) is 1. The van der Waals surface area contributed by atoms with E-state index in [1.54, 1.807) is 6.20 Å². The molecule has 1 aromatic rings. The van der Waals surface area contributed by atoms with Crippen LogP contribution in [0.25, 0.3) is 0 Å². The van der Waals surface area contributed by atoms with Gasteiger partial charge in [-0.3, -0.25) is 4.98 Å². The van der Waals surface area contributed by atoms with Crippen molar-refractivity contribution in [1.82, 2.24) is 10.3 Å². The van der Waals surface area contributed by atoms with Crippen molar-refractivity contribution in [3.63, 3.8) is 0 Å². The molecular weight excluding hydrogens is 164 g/mol. The predicted octanol–water partition coefficient (Wildman–Crippen LogP) is 1.21. The molecule has 1 atom stereocenters. The maximum absolute atomic E-state index is 5.47. The van der Waals surface area contributed by atoms with Gasteiger partial charge in [0, 0.05) is 18.4 Å². The van der Waals surface area contributed by atoms with Crippen LogP contribution in [0.1, 0.15) is 12.5 Å². The van der Waals surface area contributed by atoms with Crippen molar-refractivity contribution in [1.29, 1.82) is 0 Å². The van der Waals surface area contributed by atoms with Gasteiger partial charge in [-0.05, 0) is 25.6 Å². The first-order valence-electron chi connectivity index (χ1n) is 4.47. The minimum absolute atomic E-state index is 0.400. The van der Waals surface area contributed by atoms with Gasteiger partial charge in [-0.1, -0.05) is 6.07 Å². The van der Waals surface area contributed by atoms with Gasteiger partial charge in [0.05, 0.1) is 13.2 Å². The van der Waals surface area contributed by atoms with Crippen LogP contribution in [0, 0.1) is 0 Å². The Kier molecular flexibility index (Phi) is 4.43. The highest BCUT2D eigenvalue weighted by atomic mass is 16.5. The molecule has 3 heteroatoms. The SMILES string of the molecule is CN[C@@H](C)COCc1cccnc1. The van der Waals surface area contributed by atoms with Crippen molar-refractivity contribution in [2.75, 3.05) is 13.7 Å². The minimum atomic E-state index is 0.400. The van der Waals surface area contributed by atoms with E-state index in [9.17, 15) is 0 Å². The summed E-state index contributed by atoms with van der Waals surface area (Å²) in [6.45, 7) is 3.45. The molecule has 1 heterocycles. The largest absolute Gasteiger partial charge is 0.375 e. The third-order valence-corrected chi connectivity index (χ3v) is 1.85. The molecule has 0 unspecified atom stereocenters. The van der Waals surface area contributed by atoms with Gasteiger partial charge in [-0.25, -0.2) is 0 Å². The summed E-state index contributed by atoms with van der Waals surface area (Å²) in [6, 6.07) is 4.33. The van der Waals surface area contributed by atoms with Gasteiger partial charge in [-0.15, -0.1) is 0 Å². The third kappa shape index (κ3) is 4.01. The van der Waals surface area contributed by atoms with Crippen molar-refractivity contribution >= 4 is 0 Å². The first-order chi connectivity index (χ1) is 6.33. The molecule has 0 aliphatic heterocycles. The summed E-state index contributed by atoms with van der Waals surface area (Å²) in [5, 5.41) is 3.11. The Morgan fingerprint density at radius 2 is 2.46 bits per heavy atom. The fourth-order valence-electron chi connectivity index (χ4n) is 0.920. The maximum Gasteiger partial charge on any atom is 0.0732 e. The average Bonchev–Trinajstić information content (AvgIpc) is 2.19. The molecular formula is C10H16N2O. The van der Waals surface area contributed by atoms with Crippen LogP contribution in [0.2, 0.25) is 0 Å². The summed E-state index contributed by atoms with van der Waals surface area (Å²) >= 11 is 0. The molecule has 1 aromatic heterocycles. The number of rotatable bonds is 5. The Labute approximate surface area is 79.1 Å². The highest BCUT2D eigenvalue weighted by molar-refractivity contribution is 5.06. The second kappa shape index (κ2) is 5.67. The third-order valence-electron chi connectivity index (χ3n) is 1.85. The van der Waals surface area contributed by atoms with Gasteiger partial charge in [0.15, 0.2) is 0 Å². The van der Waals surface area contributed by atoms with Crippen LogP contribution in [-0.4, -0.2) is 24.7 Å². The molecule has 13 heavy (non-hydrogen) atoms. The summed E-state index contributed by atoms with van der Waals surface area (Å²) in [5.74, 6) is 0. The lowest BCUT2D eigenvalue weighted by Crippen LogP contribution is -2.26.